The molecule has 2 aliphatic rings. The van der Waals surface area contributed by atoms with Gasteiger partial charge in [-0.25, -0.2) is 4.98 Å². The van der Waals surface area contributed by atoms with Gasteiger partial charge in [-0.05, 0) is 57.7 Å². The van der Waals surface area contributed by atoms with E-state index in [9.17, 15) is 0 Å². The van der Waals surface area contributed by atoms with Crippen molar-refractivity contribution in [2.75, 3.05) is 68.9 Å². The first-order valence-electron chi connectivity index (χ1n) is 10.4. The first-order valence-corrected chi connectivity index (χ1v) is 10.7. The summed E-state index contributed by atoms with van der Waals surface area (Å²) in [6.45, 7) is 6.33. The Kier molecular flexibility index (Phi) is 6.37. The van der Waals surface area contributed by atoms with Gasteiger partial charge in [0, 0.05) is 50.1 Å². The third-order valence-electron chi connectivity index (χ3n) is 5.91. The van der Waals surface area contributed by atoms with E-state index in [0.29, 0.717) is 22.8 Å². The minimum absolute atomic E-state index is 0.527. The lowest BCUT2D eigenvalue weighted by Gasteiger charge is -2.34. The van der Waals surface area contributed by atoms with Crippen molar-refractivity contribution in [3.8, 4) is 0 Å². The van der Waals surface area contributed by atoms with Crippen molar-refractivity contribution in [1.82, 2.24) is 19.8 Å². The predicted octanol–water partition coefficient (Wildman–Crippen LogP) is 3.13. The second kappa shape index (κ2) is 9.15. The molecule has 2 aromatic rings. The number of aromatic nitrogens is 2. The summed E-state index contributed by atoms with van der Waals surface area (Å²) >= 11 is 6.30. The molecule has 8 heteroatoms. The van der Waals surface area contributed by atoms with Crippen molar-refractivity contribution in [3.05, 3.63) is 35.5 Å². The summed E-state index contributed by atoms with van der Waals surface area (Å²) in [6.07, 6.45) is 4.10. The fourth-order valence-electron chi connectivity index (χ4n) is 3.95. The second-order valence-electron chi connectivity index (χ2n) is 8.01. The second-order valence-corrected chi connectivity index (χ2v) is 8.42. The van der Waals surface area contributed by atoms with Crippen LogP contribution >= 0.6 is 11.6 Å². The minimum atomic E-state index is 0.527. The Morgan fingerprint density at radius 1 is 1.07 bits per heavy atom. The number of anilines is 4. The van der Waals surface area contributed by atoms with Crippen LogP contribution in [0.5, 0.6) is 0 Å². The topological polar surface area (TPSA) is 59.6 Å². The van der Waals surface area contributed by atoms with Gasteiger partial charge in [-0.2, -0.15) is 4.98 Å². The number of benzene rings is 1. The Morgan fingerprint density at radius 2 is 1.83 bits per heavy atom. The standard InChI is InChI=1S/C21H30ClN7/c1-27-10-12-29(13-11-27)17-7-5-16(6-8-17)25-21-24-15-19(22)20(26-21)23-14-18-4-3-9-28(18)2/h5-8,15,18H,3-4,9-14H2,1-2H3,(H2,23,24,25,26). The van der Waals surface area contributed by atoms with Crippen molar-refractivity contribution < 1.29 is 0 Å². The molecule has 2 aliphatic heterocycles. The quantitative estimate of drug-likeness (QED) is 0.751. The maximum Gasteiger partial charge on any atom is 0.229 e. The smallest absolute Gasteiger partial charge is 0.229 e. The molecule has 0 radical (unpaired) electrons. The van der Waals surface area contributed by atoms with Gasteiger partial charge in [0.1, 0.15) is 5.02 Å². The molecular formula is C21H30ClN7. The number of nitrogens with one attached hydrogen (secondary N) is 2. The highest BCUT2D eigenvalue weighted by Gasteiger charge is 2.21. The summed E-state index contributed by atoms with van der Waals surface area (Å²) in [5, 5.41) is 7.22. The van der Waals surface area contributed by atoms with Crippen LogP contribution in [0.4, 0.5) is 23.1 Å². The van der Waals surface area contributed by atoms with E-state index in [1.165, 1.54) is 18.5 Å². The van der Waals surface area contributed by atoms with Crippen LogP contribution in [0.3, 0.4) is 0 Å². The number of hydrogen-bond acceptors (Lipinski definition) is 7. The van der Waals surface area contributed by atoms with Crippen LogP contribution in [0, 0.1) is 0 Å². The number of nitrogens with zero attached hydrogens (tertiary/aromatic N) is 5. The molecule has 1 aromatic carbocycles. The summed E-state index contributed by atoms with van der Waals surface area (Å²) in [5.74, 6) is 1.22. The Balaban J connectivity index is 1.37. The highest BCUT2D eigenvalue weighted by molar-refractivity contribution is 6.32. The van der Waals surface area contributed by atoms with Crippen molar-refractivity contribution >= 4 is 34.7 Å². The van der Waals surface area contributed by atoms with Gasteiger partial charge < -0.3 is 25.3 Å². The summed E-state index contributed by atoms with van der Waals surface area (Å²) in [6, 6.07) is 8.98. The van der Waals surface area contributed by atoms with E-state index in [4.69, 9.17) is 11.6 Å². The molecule has 2 N–H and O–H groups in total. The molecule has 7 nitrogen and oxygen atoms in total. The van der Waals surface area contributed by atoms with Crippen LogP contribution in [0.2, 0.25) is 5.02 Å². The van der Waals surface area contributed by atoms with Gasteiger partial charge in [0.15, 0.2) is 5.82 Å². The van der Waals surface area contributed by atoms with E-state index in [1.54, 1.807) is 6.20 Å². The third kappa shape index (κ3) is 5.10. The maximum absolute atomic E-state index is 6.30. The fourth-order valence-corrected chi connectivity index (χ4v) is 4.11. The highest BCUT2D eigenvalue weighted by atomic mass is 35.5. The summed E-state index contributed by atoms with van der Waals surface area (Å²) in [4.78, 5) is 16.1. The molecule has 0 saturated carbocycles. The average molecular weight is 416 g/mol. The SMILES string of the molecule is CN1CCN(c2ccc(Nc3ncc(Cl)c(NCC4CCCN4C)n3)cc2)CC1. The molecule has 0 amide bonds. The van der Waals surface area contributed by atoms with Crippen molar-refractivity contribution in [3.63, 3.8) is 0 Å². The first-order chi connectivity index (χ1) is 14.1. The van der Waals surface area contributed by atoms with Gasteiger partial charge in [-0.3, -0.25) is 0 Å². The lowest BCUT2D eigenvalue weighted by atomic mass is 10.2. The molecule has 3 heterocycles. The normalized spacial score (nSPS) is 20.8. The van der Waals surface area contributed by atoms with Gasteiger partial charge in [-0.15, -0.1) is 0 Å². The van der Waals surface area contributed by atoms with E-state index in [0.717, 1.165) is 45.0 Å². The number of rotatable bonds is 6. The van der Waals surface area contributed by atoms with Crippen LogP contribution in [0.25, 0.3) is 0 Å². The third-order valence-corrected chi connectivity index (χ3v) is 6.19. The van der Waals surface area contributed by atoms with Gasteiger partial charge in [0.2, 0.25) is 5.95 Å². The monoisotopic (exact) mass is 415 g/mol. The zero-order valence-corrected chi connectivity index (χ0v) is 18.0. The van der Waals surface area contributed by atoms with Crippen LogP contribution < -0.4 is 15.5 Å². The molecule has 156 valence electrons. The lowest BCUT2D eigenvalue weighted by Crippen LogP contribution is -2.44. The van der Waals surface area contributed by atoms with Crippen molar-refractivity contribution in [1.29, 1.82) is 0 Å². The molecule has 2 fully saturated rings. The van der Waals surface area contributed by atoms with E-state index in [1.807, 2.05) is 0 Å². The fraction of sp³-hybridized carbons (Fsp3) is 0.524. The van der Waals surface area contributed by atoms with Crippen molar-refractivity contribution in [2.45, 2.75) is 18.9 Å². The number of likely N-dealkylation sites (N-methyl/N-ethyl adjacent to an activating group) is 2. The molecule has 1 unspecified atom stereocenters. The zero-order chi connectivity index (χ0) is 20.2. The lowest BCUT2D eigenvalue weighted by molar-refractivity contribution is 0.313. The van der Waals surface area contributed by atoms with E-state index in [-0.39, 0.29) is 0 Å². The molecule has 29 heavy (non-hydrogen) atoms. The molecule has 1 aromatic heterocycles. The van der Waals surface area contributed by atoms with Crippen LogP contribution in [0.1, 0.15) is 12.8 Å². The number of hydrogen-bond donors (Lipinski definition) is 2. The molecular weight excluding hydrogens is 386 g/mol. The molecule has 2 saturated heterocycles. The maximum atomic E-state index is 6.30. The predicted molar refractivity (Wildman–Crippen MR) is 121 cm³/mol. The largest absolute Gasteiger partial charge is 0.369 e. The first kappa shape index (κ1) is 20.2. The van der Waals surface area contributed by atoms with Gasteiger partial charge in [0.05, 0.1) is 6.20 Å². The molecule has 4 rings (SSSR count). The molecule has 0 aliphatic carbocycles. The van der Waals surface area contributed by atoms with Gasteiger partial charge in [-0.1, -0.05) is 11.6 Å². The molecule has 1 atom stereocenters. The Morgan fingerprint density at radius 3 is 2.52 bits per heavy atom. The summed E-state index contributed by atoms with van der Waals surface area (Å²) in [5.41, 5.74) is 2.22. The van der Waals surface area contributed by atoms with Gasteiger partial charge in [0.25, 0.3) is 0 Å². The highest BCUT2D eigenvalue weighted by Crippen LogP contribution is 2.24. The van der Waals surface area contributed by atoms with E-state index in [2.05, 4.69) is 73.7 Å². The summed E-state index contributed by atoms with van der Waals surface area (Å²) in [7, 11) is 4.34. The van der Waals surface area contributed by atoms with Crippen LogP contribution in [-0.4, -0.2) is 79.2 Å². The molecule has 0 bridgehead atoms. The van der Waals surface area contributed by atoms with Crippen LogP contribution in [0.15, 0.2) is 30.5 Å². The van der Waals surface area contributed by atoms with E-state index < -0.39 is 0 Å². The number of likely N-dealkylation sites (tertiary alicyclic amines) is 1. The number of piperazine rings is 1. The summed E-state index contributed by atoms with van der Waals surface area (Å²) < 4.78 is 0. The number of halogens is 1. The van der Waals surface area contributed by atoms with Crippen molar-refractivity contribution in [2.24, 2.45) is 0 Å². The molecule has 0 spiro atoms. The van der Waals surface area contributed by atoms with E-state index >= 15 is 0 Å². The Hall–Kier alpha value is -2.09. The van der Waals surface area contributed by atoms with Crippen LogP contribution in [-0.2, 0) is 0 Å². The Labute approximate surface area is 178 Å². The van der Waals surface area contributed by atoms with Gasteiger partial charge >= 0.3 is 0 Å². The average Bonchev–Trinajstić information content (AvgIpc) is 3.14. The Bertz CT molecular complexity index is 805. The zero-order valence-electron chi connectivity index (χ0n) is 17.2. The minimum Gasteiger partial charge on any atom is -0.369 e.